The molecule has 0 aliphatic heterocycles. The fourth-order valence-electron chi connectivity index (χ4n) is 2.78. The average molecular weight is 268 g/mol. The summed E-state index contributed by atoms with van der Waals surface area (Å²) in [5.41, 5.74) is 3.72. The number of aromatic nitrogens is 3. The van der Waals surface area contributed by atoms with Crippen molar-refractivity contribution in [3.63, 3.8) is 0 Å². The van der Waals surface area contributed by atoms with Crippen molar-refractivity contribution in [2.24, 2.45) is 0 Å². The number of likely N-dealkylation sites (N-methyl/N-ethyl adjacent to an activating group) is 1. The molecule has 20 heavy (non-hydrogen) atoms. The molecule has 0 aromatic carbocycles. The van der Waals surface area contributed by atoms with E-state index in [9.17, 15) is 0 Å². The van der Waals surface area contributed by atoms with Crippen molar-refractivity contribution in [2.45, 2.75) is 32.6 Å². The average Bonchev–Trinajstić information content (AvgIpc) is 2.93. The Balaban J connectivity index is 1.76. The summed E-state index contributed by atoms with van der Waals surface area (Å²) >= 11 is 0. The molecule has 0 radical (unpaired) electrons. The van der Waals surface area contributed by atoms with Gasteiger partial charge in [0.15, 0.2) is 0 Å². The van der Waals surface area contributed by atoms with Gasteiger partial charge in [-0.25, -0.2) is 9.97 Å². The highest BCUT2D eigenvalue weighted by Crippen LogP contribution is 2.28. The first kappa shape index (κ1) is 13.0. The minimum Gasteiger partial charge on any atom is -0.359 e. The topological polar surface area (TPSA) is 41.9 Å². The van der Waals surface area contributed by atoms with Crippen LogP contribution in [0.5, 0.6) is 0 Å². The van der Waals surface area contributed by atoms with E-state index < -0.39 is 0 Å². The molecule has 2 aromatic rings. The molecule has 0 atom stereocenters. The van der Waals surface area contributed by atoms with E-state index in [0.717, 1.165) is 43.1 Å². The standard InChI is InChI=1S/C16H20N4/c1-12-18-15-8-5-7-14(15)16(19-12)20(2)11-9-13-6-3-4-10-17-13/h3-4,6,10H,5,7-9,11H2,1-2H3. The zero-order valence-electron chi connectivity index (χ0n) is 12.1. The van der Waals surface area contributed by atoms with Crippen LogP contribution in [0.2, 0.25) is 0 Å². The Kier molecular flexibility index (Phi) is 3.63. The minimum absolute atomic E-state index is 0.880. The summed E-state index contributed by atoms with van der Waals surface area (Å²) < 4.78 is 0. The maximum atomic E-state index is 4.65. The molecule has 0 saturated carbocycles. The van der Waals surface area contributed by atoms with E-state index >= 15 is 0 Å². The van der Waals surface area contributed by atoms with Crippen LogP contribution in [0.25, 0.3) is 0 Å². The summed E-state index contributed by atoms with van der Waals surface area (Å²) in [4.78, 5) is 15.8. The van der Waals surface area contributed by atoms with Gasteiger partial charge in [0.2, 0.25) is 0 Å². The molecule has 0 fully saturated rings. The molecule has 1 aliphatic rings. The maximum absolute atomic E-state index is 4.65. The molecular weight excluding hydrogens is 248 g/mol. The van der Waals surface area contributed by atoms with Crippen LogP contribution >= 0.6 is 0 Å². The van der Waals surface area contributed by atoms with Gasteiger partial charge in [0.25, 0.3) is 0 Å². The van der Waals surface area contributed by atoms with Gasteiger partial charge in [0.05, 0.1) is 0 Å². The first-order valence-corrected chi connectivity index (χ1v) is 7.21. The van der Waals surface area contributed by atoms with Gasteiger partial charge in [0, 0.05) is 43.2 Å². The molecule has 4 nitrogen and oxygen atoms in total. The number of rotatable bonds is 4. The Morgan fingerprint density at radius 3 is 2.90 bits per heavy atom. The molecule has 0 amide bonds. The van der Waals surface area contributed by atoms with Crippen molar-refractivity contribution in [1.82, 2.24) is 15.0 Å². The third-order valence-corrected chi connectivity index (χ3v) is 3.81. The van der Waals surface area contributed by atoms with Gasteiger partial charge < -0.3 is 4.90 Å². The predicted molar refractivity (Wildman–Crippen MR) is 80.0 cm³/mol. The summed E-state index contributed by atoms with van der Waals surface area (Å²) in [6.45, 7) is 2.91. The van der Waals surface area contributed by atoms with Gasteiger partial charge in [-0.15, -0.1) is 0 Å². The smallest absolute Gasteiger partial charge is 0.135 e. The quantitative estimate of drug-likeness (QED) is 0.853. The van der Waals surface area contributed by atoms with Crippen molar-refractivity contribution >= 4 is 5.82 Å². The van der Waals surface area contributed by atoms with Crippen LogP contribution in [0.1, 0.15) is 29.2 Å². The number of aryl methyl sites for hydroxylation is 2. The Bertz CT molecular complexity index is 595. The molecule has 0 spiro atoms. The van der Waals surface area contributed by atoms with Crippen LogP contribution < -0.4 is 4.90 Å². The van der Waals surface area contributed by atoms with Gasteiger partial charge in [-0.2, -0.15) is 0 Å². The first-order valence-electron chi connectivity index (χ1n) is 7.21. The molecule has 2 heterocycles. The van der Waals surface area contributed by atoms with E-state index in [2.05, 4.69) is 33.0 Å². The van der Waals surface area contributed by atoms with E-state index in [4.69, 9.17) is 0 Å². The third-order valence-electron chi connectivity index (χ3n) is 3.81. The molecule has 0 N–H and O–H groups in total. The first-order chi connectivity index (χ1) is 9.74. The Morgan fingerprint density at radius 2 is 2.10 bits per heavy atom. The van der Waals surface area contributed by atoms with Crippen LogP contribution in [-0.4, -0.2) is 28.5 Å². The predicted octanol–water partition coefficient (Wildman–Crippen LogP) is 2.35. The summed E-state index contributed by atoms with van der Waals surface area (Å²) in [6, 6.07) is 6.06. The molecule has 2 aromatic heterocycles. The fraction of sp³-hybridized carbons (Fsp3) is 0.438. The lowest BCUT2D eigenvalue weighted by atomic mass is 10.2. The van der Waals surface area contributed by atoms with Gasteiger partial charge in [-0.3, -0.25) is 4.98 Å². The lowest BCUT2D eigenvalue weighted by molar-refractivity contribution is 0.820. The second-order valence-corrected chi connectivity index (χ2v) is 5.37. The Morgan fingerprint density at radius 1 is 1.20 bits per heavy atom. The normalized spacial score (nSPS) is 13.3. The highest BCUT2D eigenvalue weighted by Gasteiger charge is 2.20. The van der Waals surface area contributed by atoms with Crippen molar-refractivity contribution in [2.75, 3.05) is 18.5 Å². The largest absolute Gasteiger partial charge is 0.359 e. The lowest BCUT2D eigenvalue weighted by Gasteiger charge is -2.21. The van der Waals surface area contributed by atoms with Crippen LogP contribution in [0, 0.1) is 6.92 Å². The summed E-state index contributed by atoms with van der Waals surface area (Å²) in [6.07, 6.45) is 6.20. The molecule has 4 heteroatoms. The molecule has 0 bridgehead atoms. The third kappa shape index (κ3) is 2.64. The van der Waals surface area contributed by atoms with E-state index in [1.54, 1.807) is 0 Å². The highest BCUT2D eigenvalue weighted by molar-refractivity contribution is 5.50. The Labute approximate surface area is 119 Å². The zero-order chi connectivity index (χ0) is 13.9. The number of hydrogen-bond donors (Lipinski definition) is 0. The zero-order valence-corrected chi connectivity index (χ0v) is 12.1. The molecular formula is C16H20N4. The van der Waals surface area contributed by atoms with Gasteiger partial charge in [-0.1, -0.05) is 6.07 Å². The van der Waals surface area contributed by atoms with Crippen molar-refractivity contribution in [3.05, 3.63) is 47.2 Å². The van der Waals surface area contributed by atoms with Crippen LogP contribution in [0.15, 0.2) is 24.4 Å². The molecule has 104 valence electrons. The number of fused-ring (bicyclic) bond motifs is 1. The second kappa shape index (κ2) is 5.57. The van der Waals surface area contributed by atoms with Gasteiger partial charge in [-0.05, 0) is 38.3 Å². The van der Waals surface area contributed by atoms with Crippen molar-refractivity contribution in [3.8, 4) is 0 Å². The minimum atomic E-state index is 0.880. The van der Waals surface area contributed by atoms with Crippen LogP contribution in [-0.2, 0) is 19.3 Å². The lowest BCUT2D eigenvalue weighted by Crippen LogP contribution is -2.24. The van der Waals surface area contributed by atoms with Crippen LogP contribution in [0.4, 0.5) is 5.82 Å². The van der Waals surface area contributed by atoms with Gasteiger partial charge >= 0.3 is 0 Å². The monoisotopic (exact) mass is 268 g/mol. The van der Waals surface area contributed by atoms with E-state index in [1.165, 1.54) is 17.7 Å². The molecule has 1 aliphatic carbocycles. The number of nitrogens with zero attached hydrogens (tertiary/aromatic N) is 4. The Hall–Kier alpha value is -1.97. The number of hydrogen-bond acceptors (Lipinski definition) is 4. The SMILES string of the molecule is Cc1nc2c(c(N(C)CCc3ccccn3)n1)CCC2. The number of anilines is 1. The second-order valence-electron chi connectivity index (χ2n) is 5.37. The molecule has 3 rings (SSSR count). The highest BCUT2D eigenvalue weighted by atomic mass is 15.2. The van der Waals surface area contributed by atoms with Crippen LogP contribution in [0.3, 0.4) is 0 Å². The maximum Gasteiger partial charge on any atom is 0.135 e. The fourth-order valence-corrected chi connectivity index (χ4v) is 2.78. The van der Waals surface area contributed by atoms with Gasteiger partial charge in [0.1, 0.15) is 11.6 Å². The van der Waals surface area contributed by atoms with Crippen molar-refractivity contribution in [1.29, 1.82) is 0 Å². The van der Waals surface area contributed by atoms with E-state index in [1.807, 2.05) is 25.3 Å². The number of pyridine rings is 1. The summed E-state index contributed by atoms with van der Waals surface area (Å²) in [5, 5.41) is 0. The van der Waals surface area contributed by atoms with Crippen molar-refractivity contribution < 1.29 is 0 Å². The van der Waals surface area contributed by atoms with E-state index in [-0.39, 0.29) is 0 Å². The summed E-state index contributed by atoms with van der Waals surface area (Å²) in [5.74, 6) is 1.99. The van der Waals surface area contributed by atoms with E-state index in [0.29, 0.717) is 0 Å². The molecule has 0 unspecified atom stereocenters. The summed E-state index contributed by atoms with van der Waals surface area (Å²) in [7, 11) is 2.11. The molecule has 0 saturated heterocycles.